The van der Waals surface area contributed by atoms with E-state index in [0.717, 1.165) is 0 Å². The second-order valence-electron chi connectivity index (χ2n) is 6.49. The Morgan fingerprint density at radius 2 is 1.90 bits per heavy atom. The van der Waals surface area contributed by atoms with Gasteiger partial charge in [-0.05, 0) is 45.9 Å². The highest BCUT2D eigenvalue weighted by Crippen LogP contribution is 2.35. The van der Waals surface area contributed by atoms with Gasteiger partial charge < -0.3 is 4.74 Å². The zero-order chi connectivity index (χ0) is 21.5. The Bertz CT molecular complexity index is 1220. The maximum atomic E-state index is 12.8. The smallest absolute Gasteiger partial charge is 0.339 e. The number of carbonyl (C=O) groups is 1. The molecule has 0 aliphatic rings. The molecular formula is C17H17Cl2N5O4S. The summed E-state index contributed by atoms with van der Waals surface area (Å²) in [4.78, 5) is 20.3. The van der Waals surface area contributed by atoms with Crippen molar-refractivity contribution in [3.05, 3.63) is 45.2 Å². The molecule has 29 heavy (non-hydrogen) atoms. The first-order valence-electron chi connectivity index (χ1n) is 8.42. The number of hydrogen-bond donors (Lipinski definition) is 1. The zero-order valence-corrected chi connectivity index (χ0v) is 18.2. The van der Waals surface area contributed by atoms with Gasteiger partial charge in [-0.1, -0.05) is 23.2 Å². The maximum Gasteiger partial charge on any atom is 0.339 e. The number of aromatic nitrogens is 4. The molecule has 0 aliphatic carbocycles. The topological polar surface area (TPSA) is 116 Å². The van der Waals surface area contributed by atoms with Crippen molar-refractivity contribution in [3.8, 4) is 0 Å². The molecule has 1 aromatic carbocycles. The van der Waals surface area contributed by atoms with Crippen molar-refractivity contribution in [1.82, 2.24) is 19.6 Å². The van der Waals surface area contributed by atoms with E-state index in [1.165, 1.54) is 16.6 Å². The third kappa shape index (κ3) is 4.29. The predicted molar refractivity (Wildman–Crippen MR) is 108 cm³/mol. The highest BCUT2D eigenvalue weighted by atomic mass is 35.5. The second kappa shape index (κ2) is 7.77. The minimum atomic E-state index is -4.27. The van der Waals surface area contributed by atoms with E-state index in [-0.39, 0.29) is 33.2 Å². The van der Waals surface area contributed by atoms with Crippen LogP contribution in [-0.4, -0.2) is 40.1 Å². The number of aryl methyl sites for hydroxylation is 2. The molecule has 0 spiro atoms. The van der Waals surface area contributed by atoms with Crippen LogP contribution in [0.25, 0.3) is 5.78 Å². The summed E-state index contributed by atoms with van der Waals surface area (Å²) in [5, 5.41) is 3.28. The van der Waals surface area contributed by atoms with Crippen molar-refractivity contribution in [2.24, 2.45) is 0 Å². The van der Waals surface area contributed by atoms with Crippen molar-refractivity contribution >= 4 is 50.7 Å². The molecule has 0 atom stereocenters. The lowest BCUT2D eigenvalue weighted by molar-refractivity contribution is 0.0378. The van der Waals surface area contributed by atoms with Gasteiger partial charge in [-0.3, -0.25) is 4.72 Å². The number of ether oxygens (including phenoxy) is 1. The van der Waals surface area contributed by atoms with E-state index in [1.807, 2.05) is 0 Å². The highest BCUT2D eigenvalue weighted by Gasteiger charge is 2.26. The lowest BCUT2D eigenvalue weighted by Crippen LogP contribution is -2.17. The lowest BCUT2D eigenvalue weighted by atomic mass is 10.2. The van der Waals surface area contributed by atoms with E-state index in [4.69, 9.17) is 27.9 Å². The molecule has 0 saturated carbocycles. The van der Waals surface area contributed by atoms with Crippen LogP contribution in [0.3, 0.4) is 0 Å². The average molecular weight is 458 g/mol. The van der Waals surface area contributed by atoms with Crippen LogP contribution in [0.2, 0.25) is 10.0 Å². The number of benzene rings is 1. The molecule has 3 aromatic rings. The summed E-state index contributed by atoms with van der Waals surface area (Å²) in [7, 11) is -4.27. The SMILES string of the molecule is Cc1cc(C)n2nc(S(=O)(=O)Nc3c(Cl)ccc(C(=O)OC(C)C)c3Cl)nc2n1. The summed E-state index contributed by atoms with van der Waals surface area (Å²) < 4.78 is 34.3. The number of fused-ring (bicyclic) bond motifs is 1. The number of carbonyl (C=O) groups excluding carboxylic acids is 1. The fourth-order valence-electron chi connectivity index (χ4n) is 2.52. The molecule has 0 aliphatic heterocycles. The predicted octanol–water partition coefficient (Wildman–Crippen LogP) is 3.41. The van der Waals surface area contributed by atoms with Crippen molar-refractivity contribution < 1.29 is 17.9 Å². The summed E-state index contributed by atoms with van der Waals surface area (Å²) in [5.41, 5.74) is 1.13. The normalized spacial score (nSPS) is 11.8. The molecule has 0 bridgehead atoms. The molecule has 2 heterocycles. The average Bonchev–Trinajstić information content (AvgIpc) is 3.03. The molecule has 2 aromatic heterocycles. The number of anilines is 1. The van der Waals surface area contributed by atoms with Gasteiger partial charge in [-0.15, -0.1) is 5.10 Å². The van der Waals surface area contributed by atoms with Gasteiger partial charge >= 0.3 is 5.97 Å². The number of halogens is 2. The van der Waals surface area contributed by atoms with Crippen LogP contribution in [-0.2, 0) is 14.8 Å². The lowest BCUT2D eigenvalue weighted by Gasteiger charge is -2.13. The summed E-state index contributed by atoms with van der Waals surface area (Å²) in [6, 6.07) is 4.43. The van der Waals surface area contributed by atoms with Gasteiger partial charge in [-0.25, -0.2) is 14.3 Å². The first-order chi connectivity index (χ1) is 13.5. The molecule has 154 valence electrons. The van der Waals surface area contributed by atoms with E-state index in [9.17, 15) is 13.2 Å². The fraction of sp³-hybridized carbons (Fsp3) is 0.294. The Morgan fingerprint density at radius 3 is 2.55 bits per heavy atom. The summed E-state index contributed by atoms with van der Waals surface area (Å²) in [6.07, 6.45) is -0.379. The van der Waals surface area contributed by atoms with E-state index in [0.29, 0.717) is 11.4 Å². The third-order valence-corrected chi connectivity index (χ3v) is 5.56. The summed E-state index contributed by atoms with van der Waals surface area (Å²) in [5.74, 6) is -0.572. The van der Waals surface area contributed by atoms with E-state index < -0.39 is 21.1 Å². The number of esters is 1. The molecule has 3 rings (SSSR count). The van der Waals surface area contributed by atoms with Gasteiger partial charge in [0, 0.05) is 11.4 Å². The molecule has 9 nitrogen and oxygen atoms in total. The van der Waals surface area contributed by atoms with Crippen molar-refractivity contribution in [1.29, 1.82) is 0 Å². The Morgan fingerprint density at radius 1 is 1.21 bits per heavy atom. The van der Waals surface area contributed by atoms with Crippen LogP contribution in [0.5, 0.6) is 0 Å². The molecule has 0 amide bonds. The van der Waals surface area contributed by atoms with E-state index >= 15 is 0 Å². The van der Waals surface area contributed by atoms with E-state index in [1.54, 1.807) is 33.8 Å². The third-order valence-electron chi connectivity index (χ3n) is 3.73. The number of rotatable bonds is 5. The minimum absolute atomic E-state index is 0.00594. The zero-order valence-electron chi connectivity index (χ0n) is 15.9. The van der Waals surface area contributed by atoms with Crippen molar-refractivity contribution in [2.75, 3.05) is 4.72 Å². The maximum absolute atomic E-state index is 12.8. The summed E-state index contributed by atoms with van der Waals surface area (Å²) in [6.45, 7) is 6.86. The molecule has 0 saturated heterocycles. The molecule has 1 N–H and O–H groups in total. The first kappa shape index (κ1) is 21.3. The Hall–Kier alpha value is -2.43. The molecule has 0 unspecified atom stereocenters. The van der Waals surface area contributed by atoms with Gasteiger partial charge in [0.05, 0.1) is 27.4 Å². The van der Waals surface area contributed by atoms with Gasteiger partial charge in [0.15, 0.2) is 0 Å². The fourth-order valence-corrected chi connectivity index (χ4v) is 4.14. The van der Waals surface area contributed by atoms with Crippen LogP contribution in [0, 0.1) is 13.8 Å². The number of sulfonamides is 1. The summed E-state index contributed by atoms with van der Waals surface area (Å²) >= 11 is 12.3. The van der Waals surface area contributed by atoms with Crippen molar-refractivity contribution in [2.45, 2.75) is 39.0 Å². The van der Waals surface area contributed by atoms with Crippen LogP contribution < -0.4 is 4.72 Å². The monoisotopic (exact) mass is 457 g/mol. The second-order valence-corrected chi connectivity index (χ2v) is 8.85. The van der Waals surface area contributed by atoms with E-state index in [2.05, 4.69) is 19.8 Å². The largest absolute Gasteiger partial charge is 0.459 e. The van der Waals surface area contributed by atoms with Gasteiger partial charge in [0.1, 0.15) is 0 Å². The molecular weight excluding hydrogens is 441 g/mol. The molecule has 0 fully saturated rings. The Balaban J connectivity index is 2.03. The van der Waals surface area contributed by atoms with Crippen LogP contribution in [0.15, 0.2) is 23.4 Å². The highest BCUT2D eigenvalue weighted by molar-refractivity contribution is 7.92. The minimum Gasteiger partial charge on any atom is -0.459 e. The number of nitrogens with one attached hydrogen (secondary N) is 1. The van der Waals surface area contributed by atoms with Crippen molar-refractivity contribution in [3.63, 3.8) is 0 Å². The quantitative estimate of drug-likeness (QED) is 0.583. The standard InChI is InChI=1S/C17H17Cl2N5O4S/c1-8(2)28-15(25)11-5-6-12(18)14(13(11)19)23-29(26,27)17-21-16-20-9(3)7-10(4)24(16)22-17/h5-8,23H,1-4H3. The first-order valence-corrected chi connectivity index (χ1v) is 10.7. The van der Waals surface area contributed by atoms with Crippen LogP contribution in [0.4, 0.5) is 5.69 Å². The number of nitrogens with zero attached hydrogens (tertiary/aromatic N) is 4. The number of hydrogen-bond acceptors (Lipinski definition) is 7. The molecule has 12 heteroatoms. The van der Waals surface area contributed by atoms with Gasteiger partial charge in [0.2, 0.25) is 0 Å². The van der Waals surface area contributed by atoms with Crippen LogP contribution >= 0.6 is 23.2 Å². The van der Waals surface area contributed by atoms with Gasteiger partial charge in [-0.2, -0.15) is 13.4 Å². The Kier molecular flexibility index (Phi) is 5.70. The van der Waals surface area contributed by atoms with Gasteiger partial charge in [0.25, 0.3) is 21.0 Å². The van der Waals surface area contributed by atoms with Crippen LogP contribution in [0.1, 0.15) is 35.6 Å². The molecule has 0 radical (unpaired) electrons. The Labute approximate surface area is 177 Å².